The molecular weight excluding hydrogens is 803 g/mol. The molecule has 0 atom stereocenters. The van der Waals surface area contributed by atoms with Gasteiger partial charge in [-0.1, -0.05) is 141 Å². The standard InChI is InChI=1S/C61H43N5/c62-38-40-32-35-53(65-49-28-14-10-24-43(49)45-33-36-54-57(60(45)65)47-26-12-16-30-51(47)63(54)41-20-6-2-7-21-41)56(39-18-4-1-5-19-39)59(40)66-50-29-15-11-25-44(50)46-34-37-55-58(61(46)66)48-27-13-17-31-52(48)64(55)42-22-8-3-9-23-42/h2-3,6-17,20-37,39H,1,4-5,18-19H2. The smallest absolute Gasteiger partial charge is 0.101 e. The SMILES string of the molecule is N#Cc1ccc(-n2c3ccccc3c3ccc4c(c5ccccc5n4-c4ccccc4)c32)c(C2CCCCC2)c1-n1c2ccccc2c2ccc3c(c4ccccc4n3-c3ccccc3)c21. The van der Waals surface area contributed by atoms with Gasteiger partial charge in [0.05, 0.1) is 61.1 Å². The van der Waals surface area contributed by atoms with E-state index in [0.717, 1.165) is 70.5 Å². The molecule has 0 aliphatic heterocycles. The number of benzene rings is 9. The molecule has 1 aliphatic rings. The van der Waals surface area contributed by atoms with Crippen molar-refractivity contribution in [2.45, 2.75) is 38.0 Å². The van der Waals surface area contributed by atoms with Crippen LogP contribution in [0.5, 0.6) is 0 Å². The van der Waals surface area contributed by atoms with Crippen LogP contribution in [0.2, 0.25) is 0 Å². The van der Waals surface area contributed by atoms with Gasteiger partial charge in [-0.2, -0.15) is 5.26 Å². The van der Waals surface area contributed by atoms with E-state index in [1.165, 1.54) is 77.1 Å². The molecule has 13 aromatic rings. The normalized spacial score (nSPS) is 13.7. The predicted octanol–water partition coefficient (Wildman–Crippen LogP) is 16.0. The lowest BCUT2D eigenvalue weighted by molar-refractivity contribution is 0.442. The molecule has 0 bridgehead atoms. The number of hydrogen-bond donors (Lipinski definition) is 0. The molecule has 66 heavy (non-hydrogen) atoms. The number of para-hydroxylation sites is 6. The molecule has 0 saturated heterocycles. The first-order chi connectivity index (χ1) is 32.8. The Kier molecular flexibility index (Phi) is 8.06. The topological polar surface area (TPSA) is 43.5 Å². The quantitative estimate of drug-likeness (QED) is 0.170. The molecule has 5 heteroatoms. The lowest BCUT2D eigenvalue weighted by Crippen LogP contribution is -2.15. The Morgan fingerprint density at radius 3 is 1.32 bits per heavy atom. The molecule has 0 unspecified atom stereocenters. The van der Waals surface area contributed by atoms with Gasteiger partial charge in [-0.25, -0.2) is 0 Å². The maximum atomic E-state index is 11.5. The minimum Gasteiger partial charge on any atom is -0.309 e. The number of hydrogen-bond acceptors (Lipinski definition) is 1. The van der Waals surface area contributed by atoms with Gasteiger partial charge in [0.25, 0.3) is 0 Å². The van der Waals surface area contributed by atoms with Gasteiger partial charge in [0, 0.05) is 60.0 Å². The summed E-state index contributed by atoms with van der Waals surface area (Å²) in [6.07, 6.45) is 5.67. The number of aromatic nitrogens is 4. The van der Waals surface area contributed by atoms with E-state index in [1.807, 2.05) is 0 Å². The summed E-state index contributed by atoms with van der Waals surface area (Å²) in [4.78, 5) is 0. The first-order valence-corrected chi connectivity index (χ1v) is 23.4. The van der Waals surface area contributed by atoms with E-state index in [1.54, 1.807) is 0 Å². The van der Waals surface area contributed by atoms with Crippen molar-refractivity contribution in [1.82, 2.24) is 18.3 Å². The van der Waals surface area contributed by atoms with Crippen LogP contribution >= 0.6 is 0 Å². The summed E-state index contributed by atoms with van der Waals surface area (Å²) >= 11 is 0. The van der Waals surface area contributed by atoms with Gasteiger partial charge in [0.15, 0.2) is 0 Å². The summed E-state index contributed by atoms with van der Waals surface area (Å²) in [5.41, 5.74) is 15.6. The average molecular weight is 846 g/mol. The Morgan fingerprint density at radius 1 is 0.364 bits per heavy atom. The molecule has 0 spiro atoms. The van der Waals surface area contributed by atoms with E-state index in [9.17, 15) is 5.26 Å². The second-order valence-electron chi connectivity index (χ2n) is 18.1. The third-order valence-electron chi connectivity index (χ3n) is 14.8. The fourth-order valence-electron chi connectivity index (χ4n) is 12.1. The molecule has 14 rings (SSSR count). The molecule has 4 heterocycles. The van der Waals surface area contributed by atoms with Gasteiger partial charge in [-0.15, -0.1) is 0 Å². The van der Waals surface area contributed by atoms with Gasteiger partial charge < -0.3 is 18.3 Å². The van der Waals surface area contributed by atoms with Crippen LogP contribution in [-0.4, -0.2) is 18.3 Å². The van der Waals surface area contributed by atoms with Crippen LogP contribution < -0.4 is 0 Å². The summed E-state index contributed by atoms with van der Waals surface area (Å²) in [6, 6.07) is 73.4. The molecule has 1 saturated carbocycles. The third kappa shape index (κ3) is 5.10. The van der Waals surface area contributed by atoms with Gasteiger partial charge in [0.1, 0.15) is 6.07 Å². The zero-order chi connectivity index (χ0) is 43.5. The van der Waals surface area contributed by atoms with Crippen LogP contribution in [0.4, 0.5) is 0 Å². The van der Waals surface area contributed by atoms with Gasteiger partial charge >= 0.3 is 0 Å². The Bertz CT molecular complexity index is 4150. The third-order valence-corrected chi connectivity index (χ3v) is 14.8. The molecular formula is C61H43N5. The average Bonchev–Trinajstić information content (AvgIpc) is 4.11. The van der Waals surface area contributed by atoms with Gasteiger partial charge in [0.2, 0.25) is 0 Å². The Morgan fingerprint density at radius 2 is 0.803 bits per heavy atom. The Balaban J connectivity index is 1.18. The summed E-state index contributed by atoms with van der Waals surface area (Å²) in [6.45, 7) is 0. The van der Waals surface area contributed by atoms with Gasteiger partial charge in [-0.3, -0.25) is 0 Å². The summed E-state index contributed by atoms with van der Waals surface area (Å²) in [5, 5.41) is 21.1. The van der Waals surface area contributed by atoms with Crippen LogP contribution in [0, 0.1) is 11.3 Å². The maximum Gasteiger partial charge on any atom is 0.101 e. The van der Waals surface area contributed by atoms with Crippen molar-refractivity contribution in [2.24, 2.45) is 0 Å². The van der Waals surface area contributed by atoms with E-state index in [0.29, 0.717) is 5.56 Å². The van der Waals surface area contributed by atoms with Crippen LogP contribution in [-0.2, 0) is 0 Å². The second kappa shape index (κ2) is 14.3. The van der Waals surface area contributed by atoms with Crippen LogP contribution in [0.15, 0.2) is 194 Å². The van der Waals surface area contributed by atoms with Crippen molar-refractivity contribution >= 4 is 87.2 Å². The van der Waals surface area contributed by atoms with Crippen molar-refractivity contribution in [3.63, 3.8) is 0 Å². The molecule has 0 N–H and O–H groups in total. The van der Waals surface area contributed by atoms with E-state index in [4.69, 9.17) is 0 Å². The van der Waals surface area contributed by atoms with Crippen LogP contribution in [0.3, 0.4) is 0 Å². The van der Waals surface area contributed by atoms with Crippen molar-refractivity contribution < 1.29 is 0 Å². The van der Waals surface area contributed by atoms with E-state index >= 15 is 0 Å². The zero-order valence-electron chi connectivity index (χ0n) is 36.3. The first kappa shape index (κ1) is 37.1. The highest BCUT2D eigenvalue weighted by Gasteiger charge is 2.31. The molecule has 5 nitrogen and oxygen atoms in total. The minimum atomic E-state index is 0.235. The Hall–Kier alpha value is -8.33. The highest BCUT2D eigenvalue weighted by molar-refractivity contribution is 6.28. The second-order valence-corrected chi connectivity index (χ2v) is 18.1. The van der Waals surface area contributed by atoms with E-state index < -0.39 is 0 Å². The fraction of sp³-hybridized carbons (Fsp3) is 0.0984. The van der Waals surface area contributed by atoms with E-state index in [-0.39, 0.29) is 5.92 Å². The highest BCUT2D eigenvalue weighted by atomic mass is 15.1. The highest BCUT2D eigenvalue weighted by Crippen LogP contribution is 2.49. The van der Waals surface area contributed by atoms with Gasteiger partial charge in [-0.05, 0) is 91.6 Å². The number of nitrogens with zero attached hydrogens (tertiary/aromatic N) is 5. The van der Waals surface area contributed by atoms with Crippen molar-refractivity contribution in [2.75, 3.05) is 0 Å². The fourth-order valence-corrected chi connectivity index (χ4v) is 12.1. The molecule has 9 aromatic carbocycles. The lowest BCUT2D eigenvalue weighted by Gasteiger charge is -2.29. The molecule has 4 aromatic heterocycles. The number of rotatable bonds is 5. The number of nitriles is 1. The van der Waals surface area contributed by atoms with Crippen molar-refractivity contribution in [3.05, 3.63) is 205 Å². The van der Waals surface area contributed by atoms with Crippen molar-refractivity contribution in [3.8, 4) is 28.8 Å². The molecule has 1 aliphatic carbocycles. The molecule has 1 fully saturated rings. The predicted molar refractivity (Wildman–Crippen MR) is 274 cm³/mol. The minimum absolute atomic E-state index is 0.235. The summed E-state index contributed by atoms with van der Waals surface area (Å²) < 4.78 is 9.91. The number of fused-ring (bicyclic) bond motifs is 14. The lowest BCUT2D eigenvalue weighted by atomic mass is 9.81. The largest absolute Gasteiger partial charge is 0.309 e. The summed E-state index contributed by atoms with van der Waals surface area (Å²) in [5.74, 6) is 0.235. The van der Waals surface area contributed by atoms with Crippen LogP contribution in [0.1, 0.15) is 49.1 Å². The van der Waals surface area contributed by atoms with E-state index in [2.05, 4.69) is 218 Å². The molecule has 0 amide bonds. The zero-order valence-corrected chi connectivity index (χ0v) is 36.3. The molecule has 0 radical (unpaired) electrons. The summed E-state index contributed by atoms with van der Waals surface area (Å²) in [7, 11) is 0. The Labute approximate surface area is 381 Å². The monoisotopic (exact) mass is 845 g/mol. The molecule has 312 valence electrons. The first-order valence-electron chi connectivity index (χ1n) is 23.4. The maximum absolute atomic E-state index is 11.5. The van der Waals surface area contributed by atoms with Crippen LogP contribution in [0.25, 0.3) is 110 Å². The van der Waals surface area contributed by atoms with Crippen molar-refractivity contribution in [1.29, 1.82) is 5.26 Å².